The quantitative estimate of drug-likeness (QED) is 0.289. The van der Waals surface area contributed by atoms with Gasteiger partial charge in [-0.15, -0.1) is 0 Å². The first-order valence-electron chi connectivity index (χ1n) is 8.06. The third-order valence-corrected chi connectivity index (χ3v) is 4.75. The minimum Gasteiger partial charge on any atom is -0.369 e. The molecule has 2 aliphatic rings. The third kappa shape index (κ3) is 3.71. The fraction of sp³-hybridized carbons (Fsp3) is 0.389. The van der Waals surface area contributed by atoms with Gasteiger partial charge in [0.2, 0.25) is 0 Å². The van der Waals surface area contributed by atoms with Crippen LogP contribution in [0.3, 0.4) is 0 Å². The van der Waals surface area contributed by atoms with E-state index in [0.717, 1.165) is 37.3 Å². The Morgan fingerprint density at radius 1 is 1.29 bits per heavy atom. The summed E-state index contributed by atoms with van der Waals surface area (Å²) in [5.74, 6) is 5.28. The van der Waals surface area contributed by atoms with E-state index in [1.54, 1.807) is 6.21 Å². The number of nitrogens with zero attached hydrogens (tertiary/aromatic N) is 3. The maximum Gasteiger partial charge on any atom is 0.0486 e. The molecule has 2 saturated heterocycles. The van der Waals surface area contributed by atoms with Crippen molar-refractivity contribution in [1.82, 2.24) is 10.2 Å². The van der Waals surface area contributed by atoms with Crippen LogP contribution in [-0.2, 0) is 0 Å². The average molecular weight is 326 g/mol. The van der Waals surface area contributed by atoms with Crippen molar-refractivity contribution in [2.75, 3.05) is 19.6 Å². The van der Waals surface area contributed by atoms with Crippen LogP contribution in [0.4, 0.5) is 0 Å². The van der Waals surface area contributed by atoms with Crippen LogP contribution in [-0.4, -0.2) is 49.2 Å². The van der Waals surface area contributed by atoms with Gasteiger partial charge in [0.05, 0.1) is 0 Å². The molecular formula is C18H26N6. The van der Waals surface area contributed by atoms with Crippen LogP contribution in [0.25, 0.3) is 0 Å². The number of rotatable bonds is 7. The maximum atomic E-state index is 7.54. The van der Waals surface area contributed by atoms with Gasteiger partial charge in [0.15, 0.2) is 0 Å². The molecular weight excluding hydrogens is 300 g/mol. The first kappa shape index (κ1) is 17.9. The highest BCUT2D eigenvalue weighted by Gasteiger charge is 2.40. The van der Waals surface area contributed by atoms with Crippen molar-refractivity contribution in [1.29, 1.82) is 5.41 Å². The van der Waals surface area contributed by atoms with Crippen LogP contribution >= 0.6 is 0 Å². The molecule has 128 valence electrons. The highest BCUT2D eigenvalue weighted by atomic mass is 15.2. The van der Waals surface area contributed by atoms with E-state index >= 15 is 0 Å². The second-order valence-corrected chi connectivity index (χ2v) is 6.20. The minimum atomic E-state index is 0.210. The Hall–Kier alpha value is -2.47. The second-order valence-electron chi connectivity index (χ2n) is 6.20. The summed E-state index contributed by atoms with van der Waals surface area (Å²) in [6.07, 6.45) is 9.65. The molecule has 2 aliphatic heterocycles. The van der Waals surface area contributed by atoms with Gasteiger partial charge < -0.3 is 21.5 Å². The van der Waals surface area contributed by atoms with E-state index in [9.17, 15) is 0 Å². The molecule has 2 rings (SSSR count). The predicted octanol–water partition coefficient (Wildman–Crippen LogP) is 1.99. The SMILES string of the molecule is C=N/C=C(\C=N)C(=C)C(=C)/C(=C\C=N/N)N1CCCC2(CCN2)C1. The number of hydrogen-bond acceptors (Lipinski definition) is 6. The van der Waals surface area contributed by atoms with Gasteiger partial charge in [-0.05, 0) is 49.7 Å². The van der Waals surface area contributed by atoms with Gasteiger partial charge in [-0.2, -0.15) is 5.10 Å². The molecule has 2 heterocycles. The van der Waals surface area contributed by atoms with E-state index in [1.807, 2.05) is 6.08 Å². The standard InChI is InChI=1S/C18H26N6/c1-14(16(11-19)12-21-3)15(2)17(5-8-23-20)24-10-4-6-18(13-24)7-9-22-18/h5,8,11-12,19,22H,1-4,6-7,9-10,13,20H2/b16-12+,17-5+,19-11?,23-8-. The summed E-state index contributed by atoms with van der Waals surface area (Å²) >= 11 is 0. The Morgan fingerprint density at radius 3 is 2.58 bits per heavy atom. The van der Waals surface area contributed by atoms with E-state index in [4.69, 9.17) is 11.3 Å². The van der Waals surface area contributed by atoms with E-state index < -0.39 is 0 Å². The molecule has 0 aromatic rings. The number of likely N-dealkylation sites (tertiary alicyclic amines) is 1. The van der Waals surface area contributed by atoms with Crippen LogP contribution in [0.15, 0.2) is 57.9 Å². The van der Waals surface area contributed by atoms with Crippen molar-refractivity contribution in [2.45, 2.75) is 24.8 Å². The number of piperidine rings is 1. The molecule has 6 nitrogen and oxygen atoms in total. The number of nitrogens with two attached hydrogens (primary N) is 1. The van der Waals surface area contributed by atoms with E-state index in [1.165, 1.54) is 25.3 Å². The van der Waals surface area contributed by atoms with Gasteiger partial charge in [-0.25, -0.2) is 0 Å². The van der Waals surface area contributed by atoms with Crippen molar-refractivity contribution in [3.8, 4) is 0 Å². The summed E-state index contributed by atoms with van der Waals surface area (Å²) in [7, 11) is 0. The van der Waals surface area contributed by atoms with Gasteiger partial charge in [0.1, 0.15) is 0 Å². The maximum absolute atomic E-state index is 7.54. The van der Waals surface area contributed by atoms with Gasteiger partial charge in [-0.3, -0.25) is 4.99 Å². The topological polar surface area (TPSA) is 89.9 Å². The summed E-state index contributed by atoms with van der Waals surface area (Å²) in [4.78, 5) is 6.03. The highest BCUT2D eigenvalue weighted by Crippen LogP contribution is 2.34. The first-order chi connectivity index (χ1) is 11.6. The van der Waals surface area contributed by atoms with E-state index in [2.05, 4.69) is 40.2 Å². The van der Waals surface area contributed by atoms with Gasteiger partial charge in [-0.1, -0.05) is 13.2 Å². The molecule has 1 unspecified atom stereocenters. The fourth-order valence-electron chi connectivity index (χ4n) is 3.30. The van der Waals surface area contributed by atoms with Gasteiger partial charge >= 0.3 is 0 Å². The lowest BCUT2D eigenvalue weighted by molar-refractivity contribution is 0.0934. The molecule has 0 bridgehead atoms. The molecule has 1 atom stereocenters. The summed E-state index contributed by atoms with van der Waals surface area (Å²) in [6, 6.07) is 0. The zero-order valence-corrected chi connectivity index (χ0v) is 14.1. The molecule has 0 saturated carbocycles. The van der Waals surface area contributed by atoms with Crippen molar-refractivity contribution in [3.63, 3.8) is 0 Å². The molecule has 6 heteroatoms. The Bertz CT molecular complexity index is 621. The first-order valence-corrected chi connectivity index (χ1v) is 8.06. The van der Waals surface area contributed by atoms with Crippen molar-refractivity contribution in [2.24, 2.45) is 15.9 Å². The van der Waals surface area contributed by atoms with Crippen LogP contribution in [0.1, 0.15) is 19.3 Å². The highest BCUT2D eigenvalue weighted by molar-refractivity contribution is 5.86. The lowest BCUT2D eigenvalue weighted by atomic mass is 9.80. The molecule has 0 aliphatic carbocycles. The molecule has 0 aromatic carbocycles. The summed E-state index contributed by atoms with van der Waals surface area (Å²) in [6.45, 7) is 14.7. The van der Waals surface area contributed by atoms with Crippen molar-refractivity contribution >= 4 is 19.1 Å². The normalized spacial score (nSPS) is 24.8. The molecule has 0 radical (unpaired) electrons. The number of hydrazone groups is 1. The predicted molar refractivity (Wildman–Crippen MR) is 102 cm³/mol. The summed E-state index contributed by atoms with van der Waals surface area (Å²) in [5.41, 5.74) is 3.11. The van der Waals surface area contributed by atoms with Crippen molar-refractivity contribution in [3.05, 3.63) is 47.9 Å². The number of allylic oxidation sites excluding steroid dienone is 3. The lowest BCUT2D eigenvalue weighted by Gasteiger charge is -2.51. The number of nitrogens with one attached hydrogen (secondary N) is 2. The van der Waals surface area contributed by atoms with Crippen LogP contribution < -0.4 is 11.2 Å². The van der Waals surface area contributed by atoms with E-state index in [0.29, 0.717) is 11.1 Å². The molecule has 24 heavy (non-hydrogen) atoms. The van der Waals surface area contributed by atoms with Gasteiger partial charge in [0, 0.05) is 48.5 Å². The summed E-state index contributed by atoms with van der Waals surface area (Å²) in [5, 5.41) is 14.7. The molecule has 0 amide bonds. The Balaban J connectivity index is 2.26. The molecule has 4 N–H and O–H groups in total. The van der Waals surface area contributed by atoms with E-state index in [-0.39, 0.29) is 5.54 Å². The Labute approximate surface area is 143 Å². The van der Waals surface area contributed by atoms with Crippen LogP contribution in [0.5, 0.6) is 0 Å². The van der Waals surface area contributed by atoms with Gasteiger partial charge in [0.25, 0.3) is 0 Å². The second kappa shape index (κ2) is 7.88. The zero-order valence-electron chi connectivity index (χ0n) is 14.1. The minimum absolute atomic E-state index is 0.210. The van der Waals surface area contributed by atoms with Crippen LogP contribution in [0.2, 0.25) is 0 Å². The third-order valence-electron chi connectivity index (χ3n) is 4.75. The zero-order chi connectivity index (χ0) is 17.6. The number of hydrogen-bond donors (Lipinski definition) is 3. The van der Waals surface area contributed by atoms with Crippen molar-refractivity contribution < 1.29 is 0 Å². The Morgan fingerprint density at radius 2 is 2.04 bits per heavy atom. The smallest absolute Gasteiger partial charge is 0.0486 e. The summed E-state index contributed by atoms with van der Waals surface area (Å²) < 4.78 is 0. The molecule has 0 aromatic heterocycles. The lowest BCUT2D eigenvalue weighted by Crippen LogP contribution is -2.64. The monoisotopic (exact) mass is 326 g/mol. The number of aliphatic imine (C=N–C) groups is 1. The Kier molecular flexibility index (Phi) is 5.87. The average Bonchev–Trinajstić information content (AvgIpc) is 2.58. The van der Waals surface area contributed by atoms with Crippen LogP contribution in [0, 0.1) is 5.41 Å². The molecule has 2 fully saturated rings. The largest absolute Gasteiger partial charge is 0.369 e. The fourth-order valence-corrected chi connectivity index (χ4v) is 3.30. The molecule has 1 spiro atoms.